The number of nitrogens with one attached hydrogen (secondary N) is 2. The first-order valence-corrected chi connectivity index (χ1v) is 10.3. The largest absolute Gasteiger partial charge is 0.493 e. The van der Waals surface area contributed by atoms with E-state index in [4.69, 9.17) is 32.7 Å². The number of ether oxygens (including phenoxy) is 2. The fourth-order valence-corrected chi connectivity index (χ4v) is 2.87. The standard InChI is InChI=1S/C23H16Cl2FN3O5/c1-33-20-10-13(2-9-19(20)34-23(32)14-3-8-17(24)18(25)11-14)12-27-29-22(31)21(30)28-16-6-4-15(26)5-7-16/h2-12H,1H3,(H,28,30)(H,29,31)/b27-12+. The predicted molar refractivity (Wildman–Crippen MR) is 125 cm³/mol. The Kier molecular flexibility index (Phi) is 8.18. The van der Waals surface area contributed by atoms with Gasteiger partial charge in [-0.15, -0.1) is 0 Å². The van der Waals surface area contributed by atoms with Crippen LogP contribution in [0.2, 0.25) is 10.0 Å². The van der Waals surface area contributed by atoms with Gasteiger partial charge in [0.25, 0.3) is 0 Å². The average Bonchev–Trinajstić information content (AvgIpc) is 2.82. The van der Waals surface area contributed by atoms with Gasteiger partial charge in [0.2, 0.25) is 0 Å². The molecule has 3 rings (SSSR count). The molecule has 0 spiro atoms. The van der Waals surface area contributed by atoms with Crippen LogP contribution in [0.5, 0.6) is 11.5 Å². The Labute approximate surface area is 203 Å². The number of hydrogen-bond acceptors (Lipinski definition) is 6. The number of halogens is 3. The second kappa shape index (κ2) is 11.3. The Hall–Kier alpha value is -3.95. The van der Waals surface area contributed by atoms with Gasteiger partial charge in [-0.2, -0.15) is 5.10 Å². The highest BCUT2D eigenvalue weighted by molar-refractivity contribution is 6.42. The molecule has 3 aromatic carbocycles. The van der Waals surface area contributed by atoms with Crippen LogP contribution < -0.4 is 20.2 Å². The molecule has 8 nitrogen and oxygen atoms in total. The summed E-state index contributed by atoms with van der Waals surface area (Å²) in [6, 6.07) is 13.8. The van der Waals surface area contributed by atoms with E-state index < -0.39 is 23.6 Å². The zero-order valence-electron chi connectivity index (χ0n) is 17.5. The van der Waals surface area contributed by atoms with Crippen LogP contribution in [0, 0.1) is 5.82 Å². The molecule has 0 unspecified atom stereocenters. The number of rotatable bonds is 6. The third kappa shape index (κ3) is 6.53. The number of hydrazone groups is 1. The fourth-order valence-electron chi connectivity index (χ4n) is 2.57. The number of methoxy groups -OCH3 is 1. The second-order valence-electron chi connectivity index (χ2n) is 6.59. The first kappa shape index (κ1) is 24.7. The van der Waals surface area contributed by atoms with E-state index in [1.54, 1.807) is 6.07 Å². The molecule has 0 aliphatic rings. The van der Waals surface area contributed by atoms with E-state index in [-0.39, 0.29) is 27.8 Å². The van der Waals surface area contributed by atoms with E-state index in [1.165, 1.54) is 55.8 Å². The number of hydrogen-bond donors (Lipinski definition) is 2. The van der Waals surface area contributed by atoms with Crippen molar-refractivity contribution >= 4 is 52.9 Å². The minimum atomic E-state index is -1.03. The number of carbonyl (C=O) groups is 3. The molecule has 2 N–H and O–H groups in total. The average molecular weight is 504 g/mol. The van der Waals surface area contributed by atoms with Crippen molar-refractivity contribution in [1.29, 1.82) is 0 Å². The van der Waals surface area contributed by atoms with Gasteiger partial charge < -0.3 is 14.8 Å². The summed E-state index contributed by atoms with van der Waals surface area (Å²) in [5.74, 6) is -2.79. The van der Waals surface area contributed by atoms with Gasteiger partial charge in [0.1, 0.15) is 5.82 Å². The molecule has 0 fully saturated rings. The van der Waals surface area contributed by atoms with Crippen molar-refractivity contribution in [3.8, 4) is 11.5 Å². The molecule has 0 saturated heterocycles. The summed E-state index contributed by atoms with van der Waals surface area (Å²) in [7, 11) is 1.38. The molecule has 0 saturated carbocycles. The smallest absolute Gasteiger partial charge is 0.343 e. The monoisotopic (exact) mass is 503 g/mol. The van der Waals surface area contributed by atoms with Crippen molar-refractivity contribution in [2.45, 2.75) is 0 Å². The molecule has 0 heterocycles. The van der Waals surface area contributed by atoms with E-state index in [9.17, 15) is 18.8 Å². The van der Waals surface area contributed by atoms with E-state index in [2.05, 4.69) is 15.8 Å². The Bertz CT molecular complexity index is 1270. The van der Waals surface area contributed by atoms with Crippen molar-refractivity contribution in [3.63, 3.8) is 0 Å². The summed E-state index contributed by atoms with van der Waals surface area (Å²) in [6.07, 6.45) is 1.26. The fraction of sp³-hybridized carbons (Fsp3) is 0.0435. The summed E-state index contributed by atoms with van der Waals surface area (Å²) in [4.78, 5) is 36.1. The number of benzene rings is 3. The van der Waals surface area contributed by atoms with Gasteiger partial charge in [-0.1, -0.05) is 23.2 Å². The molecule has 11 heteroatoms. The molecule has 174 valence electrons. The van der Waals surface area contributed by atoms with Crippen molar-refractivity contribution in [1.82, 2.24) is 5.43 Å². The van der Waals surface area contributed by atoms with Crippen molar-refractivity contribution < 1.29 is 28.2 Å². The Balaban J connectivity index is 1.61. The highest BCUT2D eigenvalue weighted by atomic mass is 35.5. The SMILES string of the molecule is COc1cc(/C=N/NC(=O)C(=O)Nc2ccc(F)cc2)ccc1OC(=O)c1ccc(Cl)c(Cl)c1. The van der Waals surface area contributed by atoms with Crippen LogP contribution in [0.25, 0.3) is 0 Å². The normalized spacial score (nSPS) is 10.6. The van der Waals surface area contributed by atoms with Gasteiger partial charge in [-0.05, 0) is 66.2 Å². The lowest BCUT2D eigenvalue weighted by Crippen LogP contribution is -2.32. The van der Waals surface area contributed by atoms with E-state index in [0.717, 1.165) is 12.1 Å². The van der Waals surface area contributed by atoms with Crippen molar-refractivity contribution in [3.05, 3.63) is 87.7 Å². The number of carbonyl (C=O) groups excluding carboxylic acids is 3. The first-order chi connectivity index (χ1) is 16.3. The zero-order chi connectivity index (χ0) is 24.7. The van der Waals surface area contributed by atoms with Crippen LogP contribution in [0.15, 0.2) is 65.8 Å². The maximum Gasteiger partial charge on any atom is 0.343 e. The van der Waals surface area contributed by atoms with Crippen molar-refractivity contribution in [2.24, 2.45) is 5.10 Å². The minimum absolute atomic E-state index is 0.137. The van der Waals surface area contributed by atoms with E-state index in [1.807, 2.05) is 0 Å². The third-order valence-electron chi connectivity index (χ3n) is 4.23. The number of anilines is 1. The summed E-state index contributed by atoms with van der Waals surface area (Å²) in [6.45, 7) is 0. The van der Waals surface area contributed by atoms with Gasteiger partial charge in [-0.25, -0.2) is 14.6 Å². The lowest BCUT2D eigenvalue weighted by atomic mass is 10.2. The summed E-state index contributed by atoms with van der Waals surface area (Å²) >= 11 is 11.8. The van der Waals surface area contributed by atoms with E-state index >= 15 is 0 Å². The molecular formula is C23H16Cl2FN3O5. The molecule has 0 aromatic heterocycles. The molecule has 0 aliphatic heterocycles. The Morgan fingerprint density at radius 1 is 0.912 bits per heavy atom. The van der Waals surface area contributed by atoms with E-state index in [0.29, 0.717) is 10.6 Å². The number of esters is 1. The molecule has 2 amide bonds. The highest BCUT2D eigenvalue weighted by Crippen LogP contribution is 2.29. The molecule has 0 radical (unpaired) electrons. The maximum atomic E-state index is 12.9. The van der Waals surface area contributed by atoms with Gasteiger partial charge >= 0.3 is 17.8 Å². The Morgan fingerprint density at radius 2 is 1.65 bits per heavy atom. The number of amides is 2. The zero-order valence-corrected chi connectivity index (χ0v) is 19.0. The Morgan fingerprint density at radius 3 is 2.32 bits per heavy atom. The third-order valence-corrected chi connectivity index (χ3v) is 4.97. The topological polar surface area (TPSA) is 106 Å². The van der Waals surface area contributed by atoms with Crippen molar-refractivity contribution in [2.75, 3.05) is 12.4 Å². The molecule has 34 heavy (non-hydrogen) atoms. The van der Waals surface area contributed by atoms with Gasteiger partial charge in [-0.3, -0.25) is 9.59 Å². The quantitative estimate of drug-likeness (QED) is 0.170. The number of nitrogens with zero attached hydrogens (tertiary/aromatic N) is 1. The van der Waals surface area contributed by atoms with Gasteiger partial charge in [0, 0.05) is 5.69 Å². The molecule has 0 bridgehead atoms. The van der Waals surface area contributed by atoms with Crippen LogP contribution >= 0.6 is 23.2 Å². The minimum Gasteiger partial charge on any atom is -0.493 e. The van der Waals surface area contributed by atoms with Crippen LogP contribution in [0.4, 0.5) is 10.1 Å². The van der Waals surface area contributed by atoms with Crippen LogP contribution in [0.1, 0.15) is 15.9 Å². The molecular weight excluding hydrogens is 488 g/mol. The van der Waals surface area contributed by atoms with Gasteiger partial charge in [0.05, 0.1) is 28.9 Å². The lowest BCUT2D eigenvalue weighted by molar-refractivity contribution is -0.136. The van der Waals surface area contributed by atoms with Crippen LogP contribution in [-0.2, 0) is 9.59 Å². The van der Waals surface area contributed by atoms with Gasteiger partial charge in [0.15, 0.2) is 11.5 Å². The summed E-state index contributed by atoms with van der Waals surface area (Å²) in [5, 5.41) is 6.54. The molecule has 3 aromatic rings. The highest BCUT2D eigenvalue weighted by Gasteiger charge is 2.15. The summed E-state index contributed by atoms with van der Waals surface area (Å²) < 4.78 is 23.5. The summed E-state index contributed by atoms with van der Waals surface area (Å²) in [5.41, 5.74) is 3.00. The second-order valence-corrected chi connectivity index (χ2v) is 7.40. The van der Waals surface area contributed by atoms with Crippen LogP contribution in [-0.4, -0.2) is 31.1 Å². The predicted octanol–water partition coefficient (Wildman–Crippen LogP) is 4.45. The molecule has 0 aliphatic carbocycles. The first-order valence-electron chi connectivity index (χ1n) is 9.52. The van der Waals surface area contributed by atoms with Crippen LogP contribution in [0.3, 0.4) is 0 Å². The lowest BCUT2D eigenvalue weighted by Gasteiger charge is -2.10. The molecule has 0 atom stereocenters. The maximum absolute atomic E-state index is 12.9.